The van der Waals surface area contributed by atoms with Crippen molar-refractivity contribution in [3.63, 3.8) is 0 Å². The van der Waals surface area contributed by atoms with Crippen molar-refractivity contribution >= 4 is 33.1 Å². The van der Waals surface area contributed by atoms with Crippen LogP contribution < -0.4 is 5.32 Å². The van der Waals surface area contributed by atoms with Crippen LogP contribution in [0, 0.1) is 19.3 Å². The highest BCUT2D eigenvalue weighted by Crippen LogP contribution is 2.40. The summed E-state index contributed by atoms with van der Waals surface area (Å²) in [4.78, 5) is 24.4. The Morgan fingerprint density at radius 2 is 2.19 bits per heavy atom. The third-order valence-corrected chi connectivity index (χ3v) is 7.88. The van der Waals surface area contributed by atoms with Crippen LogP contribution in [0.15, 0.2) is 48.5 Å². The van der Waals surface area contributed by atoms with Gasteiger partial charge in [0.1, 0.15) is 6.33 Å². The fourth-order valence-electron chi connectivity index (χ4n) is 4.98. The van der Waals surface area contributed by atoms with Crippen molar-refractivity contribution in [1.29, 1.82) is 0 Å². The molecule has 1 aliphatic heterocycles. The second-order valence-electron chi connectivity index (χ2n) is 9.52. The fraction of sp³-hybridized carbons (Fsp3) is 0.321. The molecule has 0 unspecified atom stereocenters. The molecule has 4 aromatic heterocycles. The predicted octanol–water partition coefficient (Wildman–Crippen LogP) is 4.92. The molecule has 5 heterocycles. The maximum atomic E-state index is 13.7. The van der Waals surface area contributed by atoms with Gasteiger partial charge in [-0.25, -0.2) is 9.50 Å². The Kier molecular flexibility index (Phi) is 6.52. The Hall–Kier alpha value is -3.67. The number of amides is 1. The summed E-state index contributed by atoms with van der Waals surface area (Å²) in [6.07, 6.45) is 14.4. The molecule has 0 radical (unpaired) electrons. The first-order valence-corrected chi connectivity index (χ1v) is 13.0. The van der Waals surface area contributed by atoms with Gasteiger partial charge < -0.3 is 15.2 Å². The van der Waals surface area contributed by atoms with Gasteiger partial charge in [0.2, 0.25) is 0 Å². The molecule has 36 heavy (non-hydrogen) atoms. The lowest BCUT2D eigenvalue weighted by molar-refractivity contribution is 0.0676. The van der Waals surface area contributed by atoms with Gasteiger partial charge in [0, 0.05) is 31.4 Å². The fourth-order valence-corrected chi connectivity index (χ4v) is 6.25. The van der Waals surface area contributed by atoms with E-state index in [4.69, 9.17) is 6.42 Å². The number of carbonyl (C=O) groups is 1. The molecule has 0 aromatic carbocycles. The molecule has 1 saturated heterocycles. The third kappa shape index (κ3) is 4.25. The van der Waals surface area contributed by atoms with E-state index in [1.807, 2.05) is 40.8 Å². The van der Waals surface area contributed by atoms with Crippen LogP contribution in [0.25, 0.3) is 27.1 Å². The molecule has 0 spiro atoms. The Bertz CT molecular complexity index is 1540. The van der Waals surface area contributed by atoms with Gasteiger partial charge in [-0.1, -0.05) is 31.9 Å². The first-order valence-electron chi connectivity index (χ1n) is 12.2. The number of piperazine rings is 1. The van der Waals surface area contributed by atoms with Crippen molar-refractivity contribution in [3.8, 4) is 23.6 Å². The second kappa shape index (κ2) is 9.76. The molecule has 1 aliphatic rings. The first kappa shape index (κ1) is 24.0. The number of thiophene rings is 1. The van der Waals surface area contributed by atoms with Gasteiger partial charge in [-0.3, -0.25) is 4.79 Å². The number of allylic oxidation sites excluding steroid dienone is 3. The molecule has 1 fully saturated rings. The van der Waals surface area contributed by atoms with Gasteiger partial charge >= 0.3 is 0 Å². The highest BCUT2D eigenvalue weighted by atomic mass is 32.1. The van der Waals surface area contributed by atoms with Crippen LogP contribution in [0.3, 0.4) is 0 Å². The Morgan fingerprint density at radius 3 is 2.97 bits per heavy atom. The molecule has 0 aliphatic carbocycles. The molecule has 5 rings (SSSR count). The SMILES string of the molecule is C#C/C=C\C=C(/C)[C@@H]1CNCCN1C(=O)c1cc2[nH]c(-c3cc(C)c4ncnn4c3)c(C(C)C)c2s1. The maximum Gasteiger partial charge on any atom is 0.264 e. The molecule has 1 atom stereocenters. The van der Waals surface area contributed by atoms with Gasteiger partial charge in [0.15, 0.2) is 5.65 Å². The second-order valence-corrected chi connectivity index (χ2v) is 10.6. The lowest BCUT2D eigenvalue weighted by atomic mass is 9.99. The highest BCUT2D eigenvalue weighted by Gasteiger charge is 2.30. The predicted molar refractivity (Wildman–Crippen MR) is 146 cm³/mol. The van der Waals surface area contributed by atoms with Gasteiger partial charge in [0.05, 0.1) is 26.8 Å². The number of terminal acetylenes is 1. The average molecular weight is 499 g/mol. The number of aromatic amines is 1. The highest BCUT2D eigenvalue weighted by molar-refractivity contribution is 7.21. The zero-order valence-electron chi connectivity index (χ0n) is 21.0. The lowest BCUT2D eigenvalue weighted by Crippen LogP contribution is -2.54. The van der Waals surface area contributed by atoms with Crippen molar-refractivity contribution in [2.45, 2.75) is 39.7 Å². The van der Waals surface area contributed by atoms with E-state index >= 15 is 0 Å². The topological polar surface area (TPSA) is 78.3 Å². The summed E-state index contributed by atoms with van der Waals surface area (Å²) in [5.74, 6) is 2.86. The van der Waals surface area contributed by atoms with Gasteiger partial charge in [-0.15, -0.1) is 17.8 Å². The minimum absolute atomic E-state index is 0.00775. The maximum absolute atomic E-state index is 13.7. The number of H-pyrrole nitrogens is 1. The number of hydrogen-bond donors (Lipinski definition) is 2. The van der Waals surface area contributed by atoms with E-state index in [2.05, 4.69) is 53.1 Å². The largest absolute Gasteiger partial charge is 0.354 e. The summed E-state index contributed by atoms with van der Waals surface area (Å²) < 4.78 is 2.95. The molecule has 7 nitrogen and oxygen atoms in total. The van der Waals surface area contributed by atoms with Crippen LogP contribution in [-0.4, -0.2) is 56.1 Å². The van der Waals surface area contributed by atoms with E-state index in [0.29, 0.717) is 6.54 Å². The molecule has 8 heteroatoms. The van der Waals surface area contributed by atoms with Crippen molar-refractivity contribution in [2.75, 3.05) is 19.6 Å². The van der Waals surface area contributed by atoms with E-state index in [-0.39, 0.29) is 17.9 Å². The van der Waals surface area contributed by atoms with Gasteiger partial charge in [-0.05, 0) is 54.7 Å². The molecular weight excluding hydrogens is 468 g/mol. The smallest absolute Gasteiger partial charge is 0.264 e. The summed E-state index contributed by atoms with van der Waals surface area (Å²) in [6, 6.07) is 4.15. The normalized spacial score (nSPS) is 17.1. The van der Waals surface area contributed by atoms with Crippen LogP contribution in [0.4, 0.5) is 0 Å². The monoisotopic (exact) mass is 498 g/mol. The number of pyridine rings is 1. The summed E-state index contributed by atoms with van der Waals surface area (Å²) >= 11 is 1.58. The van der Waals surface area contributed by atoms with E-state index in [1.165, 1.54) is 5.56 Å². The number of hydrogen-bond acceptors (Lipinski definition) is 5. The standard InChI is InChI=1S/C28H30N6OS/c1-6-7-8-9-18(4)22-14-29-10-11-33(22)28(35)23-13-21-26(36-23)24(17(2)3)25(32-21)20-12-19(5)27-30-16-31-34(27)15-20/h1,7-9,12-13,15-17,22,29,32H,10-11,14H2,2-5H3/b8-7-,18-9+/t22-/m0/s1. The van der Waals surface area contributed by atoms with E-state index in [0.717, 1.165) is 56.2 Å². The van der Waals surface area contributed by atoms with Crippen molar-refractivity contribution < 1.29 is 4.79 Å². The summed E-state index contributed by atoms with van der Waals surface area (Å²) in [5, 5.41) is 7.75. The number of rotatable bonds is 5. The van der Waals surface area contributed by atoms with Crippen LogP contribution in [-0.2, 0) is 0 Å². The lowest BCUT2D eigenvalue weighted by Gasteiger charge is -2.36. The number of aromatic nitrogens is 4. The van der Waals surface area contributed by atoms with Crippen LogP contribution in [0.1, 0.15) is 47.5 Å². The molecular formula is C28H30N6OS. The molecule has 4 aromatic rings. The van der Waals surface area contributed by atoms with E-state index in [9.17, 15) is 4.79 Å². The minimum atomic E-state index is -0.00775. The summed E-state index contributed by atoms with van der Waals surface area (Å²) in [5.41, 5.74) is 7.38. The van der Waals surface area contributed by atoms with Crippen LogP contribution in [0.5, 0.6) is 0 Å². The Balaban J connectivity index is 1.52. The molecule has 0 bridgehead atoms. The molecule has 184 valence electrons. The number of nitrogens with one attached hydrogen (secondary N) is 2. The average Bonchev–Trinajstić information content (AvgIpc) is 3.58. The number of aryl methyl sites for hydroxylation is 1. The zero-order valence-corrected chi connectivity index (χ0v) is 21.8. The summed E-state index contributed by atoms with van der Waals surface area (Å²) in [6.45, 7) is 10.7. The number of fused-ring (bicyclic) bond motifs is 2. The van der Waals surface area contributed by atoms with Crippen LogP contribution in [0.2, 0.25) is 0 Å². The Labute approximate surface area is 214 Å². The van der Waals surface area contributed by atoms with Crippen molar-refractivity contribution in [1.82, 2.24) is 29.8 Å². The van der Waals surface area contributed by atoms with Gasteiger partial charge in [0.25, 0.3) is 5.91 Å². The van der Waals surface area contributed by atoms with E-state index in [1.54, 1.807) is 23.7 Å². The number of carbonyl (C=O) groups excluding carboxylic acids is 1. The molecule has 1 amide bonds. The van der Waals surface area contributed by atoms with E-state index < -0.39 is 0 Å². The van der Waals surface area contributed by atoms with Crippen molar-refractivity contribution in [2.24, 2.45) is 0 Å². The summed E-state index contributed by atoms with van der Waals surface area (Å²) in [7, 11) is 0. The first-order chi connectivity index (χ1) is 17.4. The third-order valence-electron chi connectivity index (χ3n) is 6.72. The Morgan fingerprint density at radius 1 is 1.36 bits per heavy atom. The number of nitrogens with zero attached hydrogens (tertiary/aromatic N) is 4. The quantitative estimate of drug-likeness (QED) is 0.302. The van der Waals surface area contributed by atoms with Crippen LogP contribution >= 0.6 is 11.3 Å². The van der Waals surface area contributed by atoms with Crippen molar-refractivity contribution in [3.05, 3.63) is 64.5 Å². The minimum Gasteiger partial charge on any atom is -0.354 e. The molecule has 2 N–H and O–H groups in total. The zero-order chi connectivity index (χ0) is 25.4. The molecule has 0 saturated carbocycles. The van der Waals surface area contributed by atoms with Gasteiger partial charge in [-0.2, -0.15) is 5.10 Å².